The highest BCUT2D eigenvalue weighted by atomic mass is 35.5. The van der Waals surface area contributed by atoms with Crippen molar-refractivity contribution in [3.05, 3.63) is 64.3 Å². The van der Waals surface area contributed by atoms with Crippen molar-refractivity contribution in [2.24, 2.45) is 0 Å². The number of fused-ring (bicyclic) bond motifs is 1. The number of nitrogens with one attached hydrogen (secondary N) is 3. The monoisotopic (exact) mass is 463 g/mol. The third kappa shape index (κ3) is 6.13. The van der Waals surface area contributed by atoms with Gasteiger partial charge in [0.1, 0.15) is 29.5 Å². The number of aromatic nitrogens is 1. The number of aliphatic hydroxyl groups excluding tert-OH is 1. The predicted molar refractivity (Wildman–Crippen MR) is 121 cm³/mol. The molecule has 3 aromatic rings. The maximum absolute atomic E-state index is 12.7. The van der Waals surface area contributed by atoms with Crippen LogP contribution < -0.4 is 15.4 Å². The van der Waals surface area contributed by atoms with Crippen LogP contribution in [0.3, 0.4) is 0 Å². The molecule has 9 heteroatoms. The lowest BCUT2D eigenvalue weighted by molar-refractivity contribution is -0.128. The SMILES string of the molecule is CC(=O)NC(Cc1c[nH]c2ccccc12)C(=O)NCC(O)COc1cccc(Cl)c1Cl. The summed E-state index contributed by atoms with van der Waals surface area (Å²) >= 11 is 12.0. The molecule has 0 aliphatic carbocycles. The zero-order valence-electron chi connectivity index (χ0n) is 16.8. The van der Waals surface area contributed by atoms with Crippen molar-refractivity contribution in [2.75, 3.05) is 13.2 Å². The molecule has 7 nitrogen and oxygen atoms in total. The van der Waals surface area contributed by atoms with Gasteiger partial charge in [-0.1, -0.05) is 47.5 Å². The molecule has 0 saturated heterocycles. The fourth-order valence-electron chi connectivity index (χ4n) is 3.16. The van der Waals surface area contributed by atoms with Crippen LogP contribution in [0.2, 0.25) is 10.0 Å². The van der Waals surface area contributed by atoms with Crippen molar-refractivity contribution in [1.82, 2.24) is 15.6 Å². The highest BCUT2D eigenvalue weighted by Gasteiger charge is 2.22. The van der Waals surface area contributed by atoms with Crippen LogP contribution in [0.4, 0.5) is 0 Å². The topological polar surface area (TPSA) is 103 Å². The van der Waals surface area contributed by atoms with Gasteiger partial charge >= 0.3 is 0 Å². The quantitative estimate of drug-likeness (QED) is 0.391. The number of benzene rings is 2. The number of carbonyl (C=O) groups is 2. The fourth-order valence-corrected chi connectivity index (χ4v) is 3.50. The Morgan fingerprint density at radius 2 is 1.94 bits per heavy atom. The molecule has 2 unspecified atom stereocenters. The molecule has 4 N–H and O–H groups in total. The molecule has 2 amide bonds. The summed E-state index contributed by atoms with van der Waals surface area (Å²) < 4.78 is 5.48. The van der Waals surface area contributed by atoms with Crippen LogP contribution in [0.1, 0.15) is 12.5 Å². The summed E-state index contributed by atoms with van der Waals surface area (Å²) in [6, 6.07) is 11.9. The highest BCUT2D eigenvalue weighted by Crippen LogP contribution is 2.31. The zero-order chi connectivity index (χ0) is 22.4. The molecule has 0 radical (unpaired) electrons. The van der Waals surface area contributed by atoms with Gasteiger partial charge in [-0.2, -0.15) is 0 Å². The van der Waals surface area contributed by atoms with E-state index in [-0.39, 0.29) is 24.1 Å². The molecule has 164 valence electrons. The Morgan fingerprint density at radius 3 is 2.71 bits per heavy atom. The molecule has 0 spiro atoms. The normalized spacial score (nSPS) is 12.9. The molecule has 1 aromatic heterocycles. The van der Waals surface area contributed by atoms with Crippen molar-refractivity contribution < 1.29 is 19.4 Å². The van der Waals surface area contributed by atoms with Crippen molar-refractivity contribution in [2.45, 2.75) is 25.5 Å². The van der Waals surface area contributed by atoms with Crippen LogP contribution in [-0.2, 0) is 16.0 Å². The average Bonchev–Trinajstić information content (AvgIpc) is 3.15. The first-order valence-corrected chi connectivity index (χ1v) is 10.5. The summed E-state index contributed by atoms with van der Waals surface area (Å²) in [7, 11) is 0. The van der Waals surface area contributed by atoms with Gasteiger partial charge in [0.15, 0.2) is 0 Å². The summed E-state index contributed by atoms with van der Waals surface area (Å²) in [5, 5.41) is 17.1. The maximum atomic E-state index is 12.7. The van der Waals surface area contributed by atoms with Crippen LogP contribution in [0, 0.1) is 0 Å². The standard InChI is InChI=1S/C22H23Cl2N3O4/c1-13(28)27-19(9-14-10-25-18-7-3-2-5-16(14)18)22(30)26-11-15(29)12-31-20-8-4-6-17(23)21(20)24/h2-8,10,15,19,25,29H,9,11-12H2,1H3,(H,26,30)(H,27,28). The minimum absolute atomic E-state index is 0.0546. The minimum Gasteiger partial charge on any atom is -0.489 e. The smallest absolute Gasteiger partial charge is 0.243 e. The molecule has 31 heavy (non-hydrogen) atoms. The Labute approximate surface area is 189 Å². The van der Waals surface area contributed by atoms with Gasteiger partial charge in [-0.15, -0.1) is 0 Å². The number of rotatable bonds is 9. The van der Waals surface area contributed by atoms with Crippen molar-refractivity contribution in [3.63, 3.8) is 0 Å². The number of aromatic amines is 1. The molecular weight excluding hydrogens is 441 g/mol. The van der Waals surface area contributed by atoms with Gasteiger partial charge in [0.05, 0.1) is 5.02 Å². The lowest BCUT2D eigenvalue weighted by Crippen LogP contribution is -2.49. The first-order valence-electron chi connectivity index (χ1n) is 9.70. The van der Waals surface area contributed by atoms with E-state index in [0.717, 1.165) is 16.5 Å². The number of hydrogen-bond donors (Lipinski definition) is 4. The number of hydrogen-bond acceptors (Lipinski definition) is 4. The molecule has 0 aliphatic rings. The van der Waals surface area contributed by atoms with Gasteiger partial charge in [0.2, 0.25) is 11.8 Å². The fraction of sp³-hybridized carbons (Fsp3) is 0.273. The van der Waals surface area contributed by atoms with Gasteiger partial charge in [0, 0.05) is 37.0 Å². The maximum Gasteiger partial charge on any atom is 0.243 e. The molecule has 1 heterocycles. The molecule has 2 atom stereocenters. The summed E-state index contributed by atoms with van der Waals surface area (Å²) in [6.07, 6.45) is 1.15. The van der Waals surface area contributed by atoms with Crippen LogP contribution in [0.15, 0.2) is 48.7 Å². The number of aliphatic hydroxyl groups is 1. The lowest BCUT2D eigenvalue weighted by Gasteiger charge is -2.19. The van der Waals surface area contributed by atoms with E-state index >= 15 is 0 Å². The second kappa shape index (κ2) is 10.5. The van der Waals surface area contributed by atoms with Crippen LogP contribution in [-0.4, -0.2) is 47.2 Å². The van der Waals surface area contributed by atoms with Crippen LogP contribution in [0.25, 0.3) is 10.9 Å². The number of para-hydroxylation sites is 1. The zero-order valence-corrected chi connectivity index (χ0v) is 18.3. The van der Waals surface area contributed by atoms with Crippen molar-refractivity contribution in [1.29, 1.82) is 0 Å². The number of carbonyl (C=O) groups excluding carboxylic acids is 2. The Balaban J connectivity index is 1.57. The summed E-state index contributed by atoms with van der Waals surface area (Å²) in [4.78, 5) is 27.5. The minimum atomic E-state index is -0.981. The van der Waals surface area contributed by atoms with Crippen LogP contribution >= 0.6 is 23.2 Å². The Bertz CT molecular complexity index is 1070. The largest absolute Gasteiger partial charge is 0.489 e. The number of H-pyrrole nitrogens is 1. The number of halogens is 2. The van der Waals surface area contributed by atoms with E-state index in [2.05, 4.69) is 15.6 Å². The predicted octanol–water partition coefficient (Wildman–Crippen LogP) is 3.08. The number of ether oxygens (including phenoxy) is 1. The molecule has 2 aromatic carbocycles. The first kappa shape index (κ1) is 22.9. The number of amides is 2. The average molecular weight is 464 g/mol. The van der Waals surface area contributed by atoms with E-state index < -0.39 is 18.1 Å². The second-order valence-corrected chi connectivity index (χ2v) is 7.86. The Hall–Kier alpha value is -2.74. The van der Waals surface area contributed by atoms with E-state index in [1.165, 1.54) is 6.92 Å². The van der Waals surface area contributed by atoms with E-state index in [1.54, 1.807) is 18.2 Å². The van der Waals surface area contributed by atoms with E-state index in [0.29, 0.717) is 17.2 Å². The molecule has 0 saturated carbocycles. The Morgan fingerprint density at radius 1 is 1.16 bits per heavy atom. The molecule has 3 rings (SSSR count). The van der Waals surface area contributed by atoms with Gasteiger partial charge < -0.3 is 25.5 Å². The summed E-state index contributed by atoms with van der Waals surface area (Å²) in [6.45, 7) is 1.21. The lowest BCUT2D eigenvalue weighted by atomic mass is 10.0. The molecular formula is C22H23Cl2N3O4. The second-order valence-electron chi connectivity index (χ2n) is 7.08. The van der Waals surface area contributed by atoms with E-state index in [9.17, 15) is 14.7 Å². The summed E-state index contributed by atoms with van der Waals surface area (Å²) in [5.41, 5.74) is 1.86. The Kier molecular flexibility index (Phi) is 7.79. The van der Waals surface area contributed by atoms with Crippen LogP contribution in [0.5, 0.6) is 5.75 Å². The highest BCUT2D eigenvalue weighted by molar-refractivity contribution is 6.42. The van der Waals surface area contributed by atoms with Gasteiger partial charge in [0.25, 0.3) is 0 Å². The van der Waals surface area contributed by atoms with E-state index in [1.807, 2.05) is 30.5 Å². The first-order chi connectivity index (χ1) is 14.8. The third-order valence-electron chi connectivity index (χ3n) is 4.65. The van der Waals surface area contributed by atoms with Gasteiger partial charge in [-0.25, -0.2) is 0 Å². The molecule has 0 bridgehead atoms. The molecule has 0 aliphatic heterocycles. The van der Waals surface area contributed by atoms with Gasteiger partial charge in [-0.3, -0.25) is 9.59 Å². The summed E-state index contributed by atoms with van der Waals surface area (Å²) in [5.74, 6) is -0.380. The van der Waals surface area contributed by atoms with Crippen molar-refractivity contribution >= 4 is 45.9 Å². The van der Waals surface area contributed by atoms with E-state index in [4.69, 9.17) is 27.9 Å². The van der Waals surface area contributed by atoms with Crippen molar-refractivity contribution in [3.8, 4) is 5.75 Å². The molecule has 0 fully saturated rings. The third-order valence-corrected chi connectivity index (χ3v) is 5.45. The van der Waals surface area contributed by atoms with Gasteiger partial charge in [-0.05, 0) is 23.8 Å².